The second kappa shape index (κ2) is 8.91. The highest BCUT2D eigenvalue weighted by Crippen LogP contribution is 2.30. The predicted molar refractivity (Wildman–Crippen MR) is 101 cm³/mol. The lowest BCUT2D eigenvalue weighted by atomic mass is 10.1. The van der Waals surface area contributed by atoms with E-state index in [1.54, 1.807) is 20.8 Å². The maximum absolute atomic E-state index is 14.2. The van der Waals surface area contributed by atoms with Crippen molar-refractivity contribution in [1.29, 1.82) is 0 Å². The van der Waals surface area contributed by atoms with Gasteiger partial charge in [0.05, 0.1) is 32.1 Å². The Morgan fingerprint density at radius 1 is 1.14 bits per heavy atom. The number of rotatable bonds is 4. The van der Waals surface area contributed by atoms with Crippen LogP contribution in [-0.4, -0.2) is 51.2 Å². The van der Waals surface area contributed by atoms with Crippen LogP contribution in [0, 0.1) is 5.82 Å². The van der Waals surface area contributed by atoms with Crippen molar-refractivity contribution in [2.45, 2.75) is 26.4 Å². The number of esters is 2. The van der Waals surface area contributed by atoms with E-state index in [1.807, 2.05) is 0 Å². The van der Waals surface area contributed by atoms with E-state index in [9.17, 15) is 18.8 Å². The molecule has 0 saturated heterocycles. The number of ether oxygens (including phenoxy) is 4. The molecular formula is C19H23FN2O7. The summed E-state index contributed by atoms with van der Waals surface area (Å²) in [5.74, 6) is -2.27. The van der Waals surface area contributed by atoms with Crippen LogP contribution in [0.2, 0.25) is 0 Å². The van der Waals surface area contributed by atoms with Gasteiger partial charge in [0, 0.05) is 5.69 Å². The minimum atomic E-state index is -0.845. The van der Waals surface area contributed by atoms with Crippen molar-refractivity contribution in [2.24, 2.45) is 0 Å². The average Bonchev–Trinajstić information content (AvgIpc) is 2.66. The SMILES string of the molecule is COC(=O)C1=C(C(=O)OC)N(c2ccc(F)c(NC(=O)OC(C)(C)C)c2)COC1. The molecule has 1 amide bonds. The largest absolute Gasteiger partial charge is 0.466 e. The molecule has 0 atom stereocenters. The first-order valence-corrected chi connectivity index (χ1v) is 8.62. The number of amides is 1. The summed E-state index contributed by atoms with van der Waals surface area (Å²) < 4.78 is 34.2. The van der Waals surface area contributed by atoms with Gasteiger partial charge in [-0.2, -0.15) is 0 Å². The molecule has 0 saturated carbocycles. The summed E-state index contributed by atoms with van der Waals surface area (Å²) in [4.78, 5) is 37.7. The molecule has 1 aliphatic heterocycles. The Morgan fingerprint density at radius 2 is 1.79 bits per heavy atom. The van der Waals surface area contributed by atoms with Gasteiger partial charge in [0.2, 0.25) is 0 Å². The third kappa shape index (κ3) is 5.44. The Balaban J connectivity index is 2.43. The van der Waals surface area contributed by atoms with Crippen molar-refractivity contribution in [3.63, 3.8) is 0 Å². The number of nitrogens with zero attached hydrogens (tertiary/aromatic N) is 1. The second-order valence-electron chi connectivity index (χ2n) is 7.01. The first-order chi connectivity index (χ1) is 13.6. The van der Waals surface area contributed by atoms with E-state index in [0.717, 1.165) is 13.2 Å². The van der Waals surface area contributed by atoms with E-state index in [1.165, 1.54) is 24.1 Å². The fourth-order valence-electron chi connectivity index (χ4n) is 2.54. The van der Waals surface area contributed by atoms with Gasteiger partial charge < -0.3 is 23.8 Å². The van der Waals surface area contributed by atoms with Gasteiger partial charge in [0.15, 0.2) is 0 Å². The lowest BCUT2D eigenvalue weighted by Gasteiger charge is -2.31. The van der Waals surface area contributed by atoms with E-state index in [2.05, 4.69) is 5.32 Å². The highest BCUT2D eigenvalue weighted by atomic mass is 19.1. The average molecular weight is 410 g/mol. The van der Waals surface area contributed by atoms with Crippen molar-refractivity contribution in [3.8, 4) is 0 Å². The number of benzene rings is 1. The Morgan fingerprint density at radius 3 is 2.38 bits per heavy atom. The summed E-state index contributed by atoms with van der Waals surface area (Å²) in [7, 11) is 2.34. The summed E-state index contributed by atoms with van der Waals surface area (Å²) in [5, 5.41) is 2.32. The third-order valence-corrected chi connectivity index (χ3v) is 3.73. The van der Waals surface area contributed by atoms with Gasteiger partial charge in [-0.1, -0.05) is 0 Å². The van der Waals surface area contributed by atoms with Crippen molar-refractivity contribution < 1.29 is 37.7 Å². The number of hydrogen-bond acceptors (Lipinski definition) is 8. The summed E-state index contributed by atoms with van der Waals surface area (Å²) >= 11 is 0. The summed E-state index contributed by atoms with van der Waals surface area (Å²) in [6.07, 6.45) is -0.845. The fourth-order valence-corrected chi connectivity index (χ4v) is 2.54. The zero-order valence-electron chi connectivity index (χ0n) is 16.8. The maximum Gasteiger partial charge on any atom is 0.412 e. The molecule has 29 heavy (non-hydrogen) atoms. The van der Waals surface area contributed by atoms with Gasteiger partial charge >= 0.3 is 18.0 Å². The number of halogens is 1. The van der Waals surface area contributed by atoms with Gasteiger partial charge in [-0.15, -0.1) is 0 Å². The van der Waals surface area contributed by atoms with Gasteiger partial charge in [-0.25, -0.2) is 18.8 Å². The monoisotopic (exact) mass is 410 g/mol. The van der Waals surface area contributed by atoms with Gasteiger partial charge in [-0.3, -0.25) is 5.32 Å². The molecule has 1 aliphatic rings. The first-order valence-electron chi connectivity index (χ1n) is 8.62. The molecule has 10 heteroatoms. The fraction of sp³-hybridized carbons (Fsp3) is 0.421. The Kier molecular flexibility index (Phi) is 6.80. The molecule has 1 aromatic carbocycles. The molecular weight excluding hydrogens is 387 g/mol. The van der Waals surface area contributed by atoms with Crippen LogP contribution in [0.15, 0.2) is 29.5 Å². The number of methoxy groups -OCH3 is 2. The summed E-state index contributed by atoms with van der Waals surface area (Å²) in [5.41, 5.74) is -0.808. The quantitative estimate of drug-likeness (QED) is 0.597. The van der Waals surface area contributed by atoms with Gasteiger partial charge in [-0.05, 0) is 39.0 Å². The predicted octanol–water partition coefficient (Wildman–Crippen LogP) is 2.57. The Bertz CT molecular complexity index is 845. The molecule has 0 aromatic heterocycles. The van der Waals surface area contributed by atoms with Crippen molar-refractivity contribution >= 4 is 29.4 Å². The minimum Gasteiger partial charge on any atom is -0.466 e. The summed E-state index contributed by atoms with van der Waals surface area (Å²) in [6.45, 7) is 4.75. The molecule has 0 spiro atoms. The first kappa shape index (κ1) is 22.2. The normalized spacial score (nSPS) is 14.3. The molecule has 1 N–H and O–H groups in total. The maximum atomic E-state index is 14.2. The van der Waals surface area contributed by atoms with Gasteiger partial charge in [0.25, 0.3) is 0 Å². The number of carbonyl (C=O) groups excluding carboxylic acids is 3. The smallest absolute Gasteiger partial charge is 0.412 e. The van der Waals surface area contributed by atoms with E-state index in [4.69, 9.17) is 18.9 Å². The molecule has 2 rings (SSSR count). The Hall–Kier alpha value is -3.14. The van der Waals surface area contributed by atoms with Crippen LogP contribution < -0.4 is 10.2 Å². The van der Waals surface area contributed by atoms with Crippen molar-refractivity contribution in [1.82, 2.24) is 0 Å². The van der Waals surface area contributed by atoms with E-state index < -0.39 is 29.5 Å². The molecule has 0 bridgehead atoms. The molecule has 0 unspecified atom stereocenters. The van der Waals surface area contributed by atoms with Crippen LogP contribution in [0.25, 0.3) is 0 Å². The highest BCUT2D eigenvalue weighted by molar-refractivity contribution is 6.03. The molecule has 0 fully saturated rings. The Labute approximate surface area is 167 Å². The second-order valence-corrected chi connectivity index (χ2v) is 7.01. The topological polar surface area (TPSA) is 103 Å². The number of nitrogens with one attached hydrogen (secondary N) is 1. The van der Waals surface area contributed by atoms with Crippen molar-refractivity contribution in [3.05, 3.63) is 35.3 Å². The zero-order chi connectivity index (χ0) is 21.8. The zero-order valence-corrected chi connectivity index (χ0v) is 16.8. The lowest BCUT2D eigenvalue weighted by molar-refractivity contribution is -0.140. The number of anilines is 2. The van der Waals surface area contributed by atoms with E-state index in [0.29, 0.717) is 0 Å². The van der Waals surface area contributed by atoms with Crippen LogP contribution in [0.1, 0.15) is 20.8 Å². The molecule has 0 aliphatic carbocycles. The lowest BCUT2D eigenvalue weighted by Crippen LogP contribution is -2.38. The van der Waals surface area contributed by atoms with Crippen molar-refractivity contribution in [2.75, 3.05) is 37.8 Å². The third-order valence-electron chi connectivity index (χ3n) is 3.73. The molecule has 1 aromatic rings. The standard InChI is InChI=1S/C19H23FN2O7/c1-19(2,3)29-18(25)21-14-8-11(6-7-13(14)20)22-10-28-9-12(16(23)26-4)15(22)17(24)27-5/h6-8H,9-10H2,1-5H3,(H,21,25). The van der Waals surface area contributed by atoms with Crippen LogP contribution in [0.4, 0.5) is 20.6 Å². The number of hydrogen-bond donors (Lipinski definition) is 1. The van der Waals surface area contributed by atoms with Crippen LogP contribution in [0.5, 0.6) is 0 Å². The van der Waals surface area contributed by atoms with Crippen LogP contribution in [-0.2, 0) is 28.5 Å². The summed E-state index contributed by atoms with van der Waals surface area (Å²) in [6, 6.07) is 3.75. The minimum absolute atomic E-state index is 0.0448. The number of carbonyl (C=O) groups is 3. The van der Waals surface area contributed by atoms with Crippen LogP contribution >= 0.6 is 0 Å². The molecule has 0 radical (unpaired) electrons. The van der Waals surface area contributed by atoms with E-state index >= 15 is 0 Å². The molecule has 1 heterocycles. The highest BCUT2D eigenvalue weighted by Gasteiger charge is 2.32. The molecule has 9 nitrogen and oxygen atoms in total. The van der Waals surface area contributed by atoms with Gasteiger partial charge in [0.1, 0.15) is 23.8 Å². The van der Waals surface area contributed by atoms with Crippen LogP contribution in [0.3, 0.4) is 0 Å². The van der Waals surface area contributed by atoms with E-state index in [-0.39, 0.29) is 36.0 Å². The molecule has 158 valence electrons.